The Balaban J connectivity index is 1.94. The predicted molar refractivity (Wildman–Crippen MR) is 120 cm³/mol. The lowest BCUT2D eigenvalue weighted by molar-refractivity contribution is -0.140. The van der Waals surface area contributed by atoms with Gasteiger partial charge in [-0.05, 0) is 56.5 Å². The number of para-hydroxylation sites is 1. The van der Waals surface area contributed by atoms with Gasteiger partial charge in [-0.2, -0.15) is 0 Å². The fourth-order valence-electron chi connectivity index (χ4n) is 4.20. The Labute approximate surface area is 181 Å². The quantitative estimate of drug-likeness (QED) is 0.551. The Kier molecular flexibility index (Phi) is 5.91. The van der Waals surface area contributed by atoms with Crippen molar-refractivity contribution >= 4 is 28.4 Å². The maximum atomic E-state index is 13.5. The summed E-state index contributed by atoms with van der Waals surface area (Å²) in [6.45, 7) is 4.60. The molecule has 5 nitrogen and oxygen atoms in total. The molecule has 0 aliphatic heterocycles. The molecule has 1 fully saturated rings. The number of rotatable bonds is 6. The molecule has 0 spiro atoms. The number of carbonyl (C=O) groups excluding carboxylic acids is 1. The lowest BCUT2D eigenvalue weighted by Crippen LogP contribution is -2.43. The fraction of sp³-hybridized carbons (Fsp3) is 0.375. The van der Waals surface area contributed by atoms with E-state index in [9.17, 15) is 9.59 Å². The number of amides is 1. The van der Waals surface area contributed by atoms with Crippen LogP contribution < -0.4 is 5.56 Å². The fourth-order valence-corrected chi connectivity index (χ4v) is 4.38. The van der Waals surface area contributed by atoms with E-state index >= 15 is 0 Å². The van der Waals surface area contributed by atoms with Crippen molar-refractivity contribution in [2.24, 2.45) is 5.92 Å². The highest BCUT2D eigenvalue weighted by molar-refractivity contribution is 6.30. The van der Waals surface area contributed by atoms with E-state index in [-0.39, 0.29) is 23.4 Å². The molecule has 0 saturated heterocycles. The number of nitrogens with zero attached hydrogens (tertiary/aromatic N) is 3. The van der Waals surface area contributed by atoms with Crippen LogP contribution in [0.5, 0.6) is 0 Å². The van der Waals surface area contributed by atoms with Gasteiger partial charge in [-0.25, -0.2) is 4.98 Å². The molecule has 6 heteroatoms. The molecule has 2 aromatic carbocycles. The minimum Gasteiger partial charge on any atom is -0.333 e. The molecule has 1 aliphatic rings. The molecule has 4 rings (SSSR count). The third kappa shape index (κ3) is 3.63. The summed E-state index contributed by atoms with van der Waals surface area (Å²) in [6, 6.07) is 14.3. The van der Waals surface area contributed by atoms with Gasteiger partial charge in [-0.15, -0.1) is 0 Å². The number of hydrogen-bond acceptors (Lipinski definition) is 3. The van der Waals surface area contributed by atoms with Gasteiger partial charge in [-0.3, -0.25) is 14.2 Å². The Morgan fingerprint density at radius 3 is 2.60 bits per heavy atom. The highest BCUT2D eigenvalue weighted by atomic mass is 35.5. The molecule has 3 aromatic rings. The van der Waals surface area contributed by atoms with E-state index in [1.54, 1.807) is 22.8 Å². The Morgan fingerprint density at radius 1 is 1.20 bits per heavy atom. The number of hydrogen-bond donors (Lipinski definition) is 0. The van der Waals surface area contributed by atoms with Crippen LogP contribution in [-0.4, -0.2) is 26.9 Å². The van der Waals surface area contributed by atoms with Crippen LogP contribution in [0.2, 0.25) is 5.02 Å². The highest BCUT2D eigenvalue weighted by Crippen LogP contribution is 2.33. The summed E-state index contributed by atoms with van der Waals surface area (Å²) >= 11 is 6.24. The summed E-state index contributed by atoms with van der Waals surface area (Å²) in [6.07, 6.45) is 3.65. The van der Waals surface area contributed by atoms with E-state index in [1.165, 1.54) is 0 Å². The van der Waals surface area contributed by atoms with Crippen LogP contribution in [0.15, 0.2) is 53.3 Å². The van der Waals surface area contributed by atoms with E-state index in [4.69, 9.17) is 16.6 Å². The van der Waals surface area contributed by atoms with Crippen LogP contribution in [0.4, 0.5) is 0 Å². The monoisotopic (exact) mass is 423 g/mol. The van der Waals surface area contributed by atoms with Crippen molar-refractivity contribution in [3.8, 4) is 5.69 Å². The summed E-state index contributed by atoms with van der Waals surface area (Å²) in [5.74, 6) is 0.833. The van der Waals surface area contributed by atoms with E-state index in [0.717, 1.165) is 19.3 Å². The first-order valence-electron chi connectivity index (χ1n) is 10.6. The van der Waals surface area contributed by atoms with E-state index in [1.807, 2.05) is 49.1 Å². The maximum absolute atomic E-state index is 13.5. The molecule has 1 aromatic heterocycles. The molecule has 1 atom stereocenters. The van der Waals surface area contributed by atoms with Gasteiger partial charge in [0.2, 0.25) is 5.91 Å². The van der Waals surface area contributed by atoms with Crippen molar-refractivity contribution in [3.05, 3.63) is 69.7 Å². The SMILES string of the molecule is CCC(c1nc2ccccc2c(=O)n1-c1cccc(Cl)c1)N(CC)C(=O)C1CCC1. The minimum absolute atomic E-state index is 0.0887. The zero-order chi connectivity index (χ0) is 21.3. The third-order valence-corrected chi connectivity index (χ3v) is 6.24. The number of fused-ring (bicyclic) bond motifs is 1. The lowest BCUT2D eigenvalue weighted by atomic mass is 9.84. The van der Waals surface area contributed by atoms with Crippen LogP contribution in [0.1, 0.15) is 51.4 Å². The van der Waals surface area contributed by atoms with Gasteiger partial charge in [0.05, 0.1) is 22.6 Å². The average Bonchev–Trinajstić information content (AvgIpc) is 2.70. The smallest absolute Gasteiger partial charge is 0.266 e. The van der Waals surface area contributed by atoms with Crippen molar-refractivity contribution < 1.29 is 4.79 Å². The summed E-state index contributed by atoms with van der Waals surface area (Å²) in [5.41, 5.74) is 1.15. The Morgan fingerprint density at radius 2 is 1.97 bits per heavy atom. The number of carbonyl (C=O) groups is 1. The molecular weight excluding hydrogens is 398 g/mol. The Hall–Kier alpha value is -2.66. The summed E-state index contributed by atoms with van der Waals surface area (Å²) in [7, 11) is 0. The molecule has 1 amide bonds. The van der Waals surface area contributed by atoms with Gasteiger partial charge in [0, 0.05) is 17.5 Å². The van der Waals surface area contributed by atoms with Crippen LogP contribution in [0, 0.1) is 5.92 Å². The highest BCUT2D eigenvalue weighted by Gasteiger charge is 2.34. The first-order valence-corrected chi connectivity index (χ1v) is 11.0. The molecule has 0 N–H and O–H groups in total. The van der Waals surface area contributed by atoms with Crippen molar-refractivity contribution in [1.29, 1.82) is 0 Å². The topological polar surface area (TPSA) is 55.2 Å². The number of aromatic nitrogens is 2. The van der Waals surface area contributed by atoms with Crippen LogP contribution in [0.25, 0.3) is 16.6 Å². The molecule has 0 bridgehead atoms. The standard InChI is InChI=1S/C24H26ClN3O2/c1-3-21(27(4-2)23(29)16-9-7-10-16)22-26-20-14-6-5-13-19(20)24(30)28(22)18-12-8-11-17(25)15-18/h5-6,8,11-16,21H,3-4,7,9-10H2,1-2H3. The van der Waals surface area contributed by atoms with Gasteiger partial charge >= 0.3 is 0 Å². The van der Waals surface area contributed by atoms with E-state index < -0.39 is 0 Å². The maximum Gasteiger partial charge on any atom is 0.266 e. The molecule has 0 radical (unpaired) electrons. The number of benzene rings is 2. The summed E-state index contributed by atoms with van der Waals surface area (Å²) in [5, 5.41) is 1.09. The van der Waals surface area contributed by atoms with Crippen molar-refractivity contribution in [1.82, 2.24) is 14.5 Å². The minimum atomic E-state index is -0.292. The van der Waals surface area contributed by atoms with Gasteiger partial charge in [-0.1, -0.05) is 43.1 Å². The number of halogens is 1. The van der Waals surface area contributed by atoms with Gasteiger partial charge in [0.25, 0.3) is 5.56 Å². The van der Waals surface area contributed by atoms with Gasteiger partial charge < -0.3 is 4.90 Å². The molecule has 1 heterocycles. The Bertz CT molecular complexity index is 1140. The van der Waals surface area contributed by atoms with E-state index in [2.05, 4.69) is 0 Å². The molecular formula is C24H26ClN3O2. The summed E-state index contributed by atoms with van der Waals surface area (Å²) < 4.78 is 1.62. The van der Waals surface area contributed by atoms with Crippen molar-refractivity contribution in [2.75, 3.05) is 6.54 Å². The molecule has 1 unspecified atom stereocenters. The molecule has 156 valence electrons. The van der Waals surface area contributed by atoms with Crippen molar-refractivity contribution in [3.63, 3.8) is 0 Å². The van der Waals surface area contributed by atoms with Gasteiger partial charge in [0.1, 0.15) is 5.82 Å². The summed E-state index contributed by atoms with van der Waals surface area (Å²) in [4.78, 5) is 33.5. The first-order chi connectivity index (χ1) is 14.5. The van der Waals surface area contributed by atoms with Crippen LogP contribution in [-0.2, 0) is 4.79 Å². The average molecular weight is 424 g/mol. The second-order valence-corrected chi connectivity index (χ2v) is 8.22. The zero-order valence-electron chi connectivity index (χ0n) is 17.3. The molecule has 30 heavy (non-hydrogen) atoms. The third-order valence-electron chi connectivity index (χ3n) is 6.01. The van der Waals surface area contributed by atoms with Crippen LogP contribution >= 0.6 is 11.6 Å². The second kappa shape index (κ2) is 8.60. The second-order valence-electron chi connectivity index (χ2n) is 7.78. The predicted octanol–water partition coefficient (Wildman–Crippen LogP) is 5.14. The lowest BCUT2D eigenvalue weighted by Gasteiger charge is -2.36. The molecule has 1 aliphatic carbocycles. The normalized spacial score (nSPS) is 15.0. The first kappa shape index (κ1) is 20.6. The molecule has 1 saturated carbocycles. The van der Waals surface area contributed by atoms with Crippen molar-refractivity contribution in [2.45, 2.75) is 45.6 Å². The zero-order valence-corrected chi connectivity index (χ0v) is 18.1. The van der Waals surface area contributed by atoms with Gasteiger partial charge in [0.15, 0.2) is 0 Å². The van der Waals surface area contributed by atoms with Crippen LogP contribution in [0.3, 0.4) is 0 Å². The van der Waals surface area contributed by atoms with E-state index in [0.29, 0.717) is 40.4 Å². The largest absolute Gasteiger partial charge is 0.333 e.